The molecule has 0 spiro atoms. The average molecular weight is 535 g/mol. The monoisotopic (exact) mass is 534 g/mol. The second kappa shape index (κ2) is 8.61. The summed E-state index contributed by atoms with van der Waals surface area (Å²) in [6.45, 7) is 0. The van der Waals surface area contributed by atoms with E-state index < -0.39 is 6.04 Å². The van der Waals surface area contributed by atoms with Gasteiger partial charge in [-0.25, -0.2) is 4.98 Å². The van der Waals surface area contributed by atoms with Crippen molar-refractivity contribution in [1.29, 1.82) is 0 Å². The Balaban J connectivity index is 1.53. The third-order valence-electron chi connectivity index (χ3n) is 7.82. The van der Waals surface area contributed by atoms with Crippen LogP contribution in [0, 0.1) is 0 Å². The van der Waals surface area contributed by atoms with Crippen LogP contribution in [0.15, 0.2) is 140 Å². The van der Waals surface area contributed by atoms with Crippen LogP contribution in [-0.2, 0) is 11.8 Å². The molecule has 0 N–H and O–H groups in total. The van der Waals surface area contributed by atoms with Crippen molar-refractivity contribution in [3.63, 3.8) is 0 Å². The molecular weight excluding hydrogens is 511 g/mol. The van der Waals surface area contributed by atoms with Gasteiger partial charge in [-0.3, -0.25) is 4.40 Å². The first kappa shape index (κ1) is 22.7. The molecule has 6 aromatic carbocycles. The van der Waals surface area contributed by atoms with Crippen molar-refractivity contribution in [3.8, 4) is 0 Å². The summed E-state index contributed by atoms with van der Waals surface area (Å²) in [6, 6.07) is 47.4. The molecule has 0 unspecified atom stereocenters. The molecule has 0 aliphatic carbocycles. The van der Waals surface area contributed by atoms with Crippen LogP contribution in [0.1, 0.15) is 0 Å². The van der Waals surface area contributed by atoms with Crippen LogP contribution in [0.5, 0.6) is 0 Å². The van der Waals surface area contributed by atoms with Crippen LogP contribution in [0.2, 0.25) is 0 Å². The molecule has 0 fully saturated rings. The Bertz CT molecular complexity index is 2210. The maximum atomic E-state index is 6.70. The number of hydrogen-bond acceptors (Lipinski definition) is 2. The Morgan fingerprint density at radius 2 is 1.13 bits per heavy atom. The number of rotatable bonds is 3. The zero-order valence-corrected chi connectivity index (χ0v) is 22.7. The summed E-state index contributed by atoms with van der Waals surface area (Å²) in [6.07, 6.45) is 0. The molecule has 8 rings (SSSR count). The smallest absolute Gasteiger partial charge is 0.146 e. The number of hydrogen-bond donors (Lipinski definition) is 0. The summed E-state index contributed by atoms with van der Waals surface area (Å²) < 4.78 is 2.31. The van der Waals surface area contributed by atoms with Gasteiger partial charge in [-0.1, -0.05) is 121 Å². The molecule has 0 amide bonds. The number of fused-ring (bicyclic) bond motifs is 10. The van der Waals surface area contributed by atoms with Crippen molar-refractivity contribution in [3.05, 3.63) is 140 Å². The van der Waals surface area contributed by atoms with E-state index in [0.717, 1.165) is 27.6 Å². The van der Waals surface area contributed by atoms with Gasteiger partial charge in [-0.2, -0.15) is 0 Å². The first-order valence-electron chi connectivity index (χ1n) is 13.1. The first-order chi connectivity index (χ1) is 19.2. The van der Waals surface area contributed by atoms with Gasteiger partial charge in [0, 0.05) is 22.2 Å². The molecule has 184 valence electrons. The predicted octanol–water partition coefficient (Wildman–Crippen LogP) is 7.70. The van der Waals surface area contributed by atoms with Gasteiger partial charge in [0.25, 0.3) is 0 Å². The summed E-state index contributed by atoms with van der Waals surface area (Å²) in [5, 5.41) is 9.65. The summed E-state index contributed by atoms with van der Waals surface area (Å²) in [4.78, 5) is 5.12. The zero-order valence-electron chi connectivity index (χ0n) is 21.0. The Morgan fingerprint density at radius 1 is 0.513 bits per heavy atom. The van der Waals surface area contributed by atoms with Crippen molar-refractivity contribution >= 4 is 82.9 Å². The fourth-order valence-electron chi connectivity index (χ4n) is 6.03. The first-order valence-corrected chi connectivity index (χ1v) is 15.9. The number of aromatic nitrogens is 2. The number of nitrogens with zero attached hydrogens (tertiary/aromatic N) is 2. The lowest BCUT2D eigenvalue weighted by molar-refractivity contribution is 1.32. The molecule has 0 radical (unpaired) electrons. The van der Waals surface area contributed by atoms with Crippen LogP contribution in [-0.4, -0.2) is 9.38 Å². The Morgan fingerprint density at radius 3 is 1.87 bits per heavy atom. The van der Waals surface area contributed by atoms with Crippen molar-refractivity contribution in [1.82, 2.24) is 9.38 Å². The SMILES string of the molecule is S=P(c1ccccc1)(c1ccccc1)c1ccc2ccc3c(c2c1)c1ccccc1n1c2ccccc2nc31. The molecule has 4 heteroatoms. The van der Waals surface area contributed by atoms with E-state index >= 15 is 0 Å². The highest BCUT2D eigenvalue weighted by Gasteiger charge is 2.25. The van der Waals surface area contributed by atoms with Gasteiger partial charge in [0.05, 0.1) is 16.6 Å². The van der Waals surface area contributed by atoms with E-state index in [4.69, 9.17) is 16.8 Å². The molecule has 2 nitrogen and oxygen atoms in total. The molecular formula is C35H23N2PS. The van der Waals surface area contributed by atoms with Crippen LogP contribution in [0.25, 0.3) is 49.1 Å². The van der Waals surface area contributed by atoms with Gasteiger partial charge < -0.3 is 0 Å². The molecule has 0 bridgehead atoms. The normalized spacial score (nSPS) is 12.2. The summed E-state index contributed by atoms with van der Waals surface area (Å²) >= 11 is 6.70. The quantitative estimate of drug-likeness (QED) is 0.171. The fraction of sp³-hybridized carbons (Fsp3) is 0. The minimum atomic E-state index is -2.28. The third kappa shape index (κ3) is 3.27. The van der Waals surface area contributed by atoms with Crippen LogP contribution in [0.4, 0.5) is 0 Å². The summed E-state index contributed by atoms with van der Waals surface area (Å²) in [5.41, 5.74) is 4.29. The Kier molecular flexibility index (Phi) is 5.00. The lowest BCUT2D eigenvalue weighted by Gasteiger charge is -2.24. The molecule has 0 aliphatic rings. The van der Waals surface area contributed by atoms with E-state index in [-0.39, 0.29) is 0 Å². The maximum Gasteiger partial charge on any atom is 0.146 e. The third-order valence-corrected chi connectivity index (χ3v) is 12.8. The van der Waals surface area contributed by atoms with Crippen LogP contribution < -0.4 is 15.9 Å². The molecule has 0 saturated heterocycles. The summed E-state index contributed by atoms with van der Waals surface area (Å²) in [7, 11) is 0. The molecule has 8 aromatic rings. The van der Waals surface area contributed by atoms with E-state index in [2.05, 4.69) is 144 Å². The number of imidazole rings is 1. The number of para-hydroxylation sites is 3. The van der Waals surface area contributed by atoms with E-state index in [9.17, 15) is 0 Å². The number of benzene rings is 6. The van der Waals surface area contributed by atoms with Gasteiger partial charge in [0.1, 0.15) is 5.65 Å². The van der Waals surface area contributed by atoms with Crippen molar-refractivity contribution in [2.45, 2.75) is 0 Å². The molecule has 2 aromatic heterocycles. The van der Waals surface area contributed by atoms with E-state index in [1.165, 1.54) is 37.5 Å². The van der Waals surface area contributed by atoms with Gasteiger partial charge in [0.15, 0.2) is 0 Å². The molecule has 2 heterocycles. The topological polar surface area (TPSA) is 17.3 Å². The van der Waals surface area contributed by atoms with Crippen molar-refractivity contribution in [2.24, 2.45) is 0 Å². The van der Waals surface area contributed by atoms with E-state index in [0.29, 0.717) is 0 Å². The van der Waals surface area contributed by atoms with Gasteiger partial charge in [-0.05, 0) is 57.0 Å². The van der Waals surface area contributed by atoms with Gasteiger partial charge in [0.2, 0.25) is 0 Å². The van der Waals surface area contributed by atoms with Crippen LogP contribution in [0.3, 0.4) is 0 Å². The lowest BCUT2D eigenvalue weighted by atomic mass is 9.99. The van der Waals surface area contributed by atoms with Gasteiger partial charge >= 0.3 is 0 Å². The zero-order chi connectivity index (χ0) is 26.0. The van der Waals surface area contributed by atoms with E-state index in [1.54, 1.807) is 0 Å². The lowest BCUT2D eigenvalue weighted by Crippen LogP contribution is -2.24. The predicted molar refractivity (Wildman–Crippen MR) is 171 cm³/mol. The average Bonchev–Trinajstić information content (AvgIpc) is 3.41. The largest absolute Gasteiger partial charge is 0.292 e. The Hall–Kier alpha value is -4.30. The second-order valence-electron chi connectivity index (χ2n) is 9.95. The van der Waals surface area contributed by atoms with Crippen molar-refractivity contribution < 1.29 is 0 Å². The highest BCUT2D eigenvalue weighted by Crippen LogP contribution is 2.44. The number of pyridine rings is 1. The minimum absolute atomic E-state index is 0.989. The van der Waals surface area contributed by atoms with Crippen molar-refractivity contribution in [2.75, 3.05) is 0 Å². The second-order valence-corrected chi connectivity index (χ2v) is 14.4. The standard InChI is InChI=1S/C35H23N2PS/c39-38(25-11-3-1-4-12-25,26-13-5-2-6-14-26)27-21-19-24-20-22-29-34(30(24)23-27)28-15-7-9-17-32(28)37-33-18-10-8-16-31(33)36-35(29)37/h1-23H. The van der Waals surface area contributed by atoms with Crippen LogP contribution >= 0.6 is 6.04 Å². The highest BCUT2D eigenvalue weighted by molar-refractivity contribution is 8.25. The molecule has 0 saturated carbocycles. The molecule has 39 heavy (non-hydrogen) atoms. The Labute approximate surface area is 231 Å². The molecule has 0 aliphatic heterocycles. The molecule has 0 atom stereocenters. The maximum absolute atomic E-state index is 6.70. The highest BCUT2D eigenvalue weighted by atomic mass is 32.4. The van der Waals surface area contributed by atoms with E-state index in [1.807, 2.05) is 0 Å². The van der Waals surface area contributed by atoms with Gasteiger partial charge in [-0.15, -0.1) is 0 Å². The fourth-order valence-corrected chi connectivity index (χ4v) is 9.78. The minimum Gasteiger partial charge on any atom is -0.292 e. The summed E-state index contributed by atoms with van der Waals surface area (Å²) in [5.74, 6) is 0.